The van der Waals surface area contributed by atoms with Gasteiger partial charge in [0, 0.05) is 6.92 Å². The molecule has 0 spiro atoms. The summed E-state index contributed by atoms with van der Waals surface area (Å²) in [7, 11) is 0. The maximum atomic E-state index is 6.35. The van der Waals surface area contributed by atoms with Gasteiger partial charge in [-0.1, -0.05) is 83.9 Å². The SMILES string of the molecule is CC(=[NH+]C(C)C)C(C)(C)SP(=S)(c1ccccc1)c1ccccc1.[Cl-]. The summed E-state index contributed by atoms with van der Waals surface area (Å²) in [5.74, 6) is 0. The molecule has 5 heteroatoms. The van der Waals surface area contributed by atoms with E-state index < -0.39 is 5.24 Å². The molecule has 0 saturated heterocycles. The first-order valence-corrected chi connectivity index (χ1v) is 12.5. The summed E-state index contributed by atoms with van der Waals surface area (Å²) >= 11 is 8.28. The summed E-state index contributed by atoms with van der Waals surface area (Å²) in [6.07, 6.45) is 0. The number of benzene rings is 2. The van der Waals surface area contributed by atoms with Crippen LogP contribution in [0.5, 0.6) is 0 Å². The van der Waals surface area contributed by atoms with Gasteiger partial charge in [0.25, 0.3) is 0 Å². The lowest BCUT2D eigenvalue weighted by molar-refractivity contribution is -0.495. The first-order chi connectivity index (χ1) is 11.3. The molecular formula is C20H27ClNPS2. The van der Waals surface area contributed by atoms with Gasteiger partial charge < -0.3 is 12.4 Å². The first-order valence-electron chi connectivity index (χ1n) is 8.28. The molecule has 0 bridgehead atoms. The molecule has 2 aromatic carbocycles. The van der Waals surface area contributed by atoms with Crippen molar-refractivity contribution in [3.8, 4) is 0 Å². The fourth-order valence-electron chi connectivity index (χ4n) is 2.50. The smallest absolute Gasteiger partial charge is 0.163 e. The minimum atomic E-state index is -1.95. The highest BCUT2D eigenvalue weighted by atomic mass is 35.5. The van der Waals surface area contributed by atoms with Crippen molar-refractivity contribution in [1.82, 2.24) is 0 Å². The maximum absolute atomic E-state index is 6.35. The molecular weight excluding hydrogens is 385 g/mol. The zero-order valence-corrected chi connectivity index (χ0v) is 18.8. The zero-order chi connectivity index (χ0) is 17.8. The molecule has 0 unspecified atom stereocenters. The van der Waals surface area contributed by atoms with Gasteiger partial charge in [0.2, 0.25) is 0 Å². The van der Waals surface area contributed by atoms with E-state index in [1.54, 1.807) is 0 Å². The topological polar surface area (TPSA) is 14.0 Å². The third kappa shape index (κ3) is 5.69. The maximum Gasteiger partial charge on any atom is 0.163 e. The third-order valence-electron chi connectivity index (χ3n) is 3.96. The number of hydrogen-bond donors (Lipinski definition) is 1. The quantitative estimate of drug-likeness (QED) is 0.549. The van der Waals surface area contributed by atoms with E-state index in [-0.39, 0.29) is 17.2 Å². The normalized spacial score (nSPS) is 12.8. The number of hydrogen-bond acceptors (Lipinski definition) is 2. The van der Waals surface area contributed by atoms with E-state index in [0.717, 1.165) is 0 Å². The van der Waals surface area contributed by atoms with Gasteiger partial charge in [0.1, 0.15) is 6.04 Å². The Morgan fingerprint density at radius 1 is 0.960 bits per heavy atom. The van der Waals surface area contributed by atoms with Gasteiger partial charge in [-0.2, -0.15) is 0 Å². The van der Waals surface area contributed by atoms with Crippen LogP contribution in [-0.2, 0) is 11.8 Å². The largest absolute Gasteiger partial charge is 1.00 e. The van der Waals surface area contributed by atoms with Gasteiger partial charge in [0.15, 0.2) is 5.71 Å². The second kappa shape index (κ2) is 9.37. The summed E-state index contributed by atoms with van der Waals surface area (Å²) in [5, 5.41) is 0.577. The molecule has 0 saturated carbocycles. The predicted octanol–water partition coefficient (Wildman–Crippen LogP) is 0.498. The van der Waals surface area contributed by atoms with E-state index >= 15 is 0 Å². The van der Waals surface area contributed by atoms with E-state index in [1.807, 2.05) is 11.4 Å². The number of halogens is 1. The zero-order valence-electron chi connectivity index (χ0n) is 15.5. The van der Waals surface area contributed by atoms with E-state index in [1.165, 1.54) is 16.3 Å². The second-order valence-electron chi connectivity index (χ2n) is 6.75. The van der Waals surface area contributed by atoms with Crippen LogP contribution < -0.4 is 28.0 Å². The Bertz CT molecular complexity index is 699. The molecule has 0 aliphatic rings. The van der Waals surface area contributed by atoms with Crippen LogP contribution in [0.4, 0.5) is 0 Å². The van der Waals surface area contributed by atoms with Crippen molar-refractivity contribution >= 4 is 44.7 Å². The van der Waals surface area contributed by atoms with Crippen LogP contribution in [0.2, 0.25) is 0 Å². The molecule has 0 aromatic heterocycles. The van der Waals surface area contributed by atoms with Crippen LogP contribution in [0.1, 0.15) is 34.6 Å². The first kappa shape index (κ1) is 22.4. The molecule has 0 atom stereocenters. The number of nitrogens with one attached hydrogen (secondary N) is 1. The van der Waals surface area contributed by atoms with Gasteiger partial charge in [0.05, 0.1) is 9.99 Å². The highest BCUT2D eigenvalue weighted by Crippen LogP contribution is 2.61. The van der Waals surface area contributed by atoms with E-state index in [0.29, 0.717) is 6.04 Å². The molecule has 1 nitrogen and oxygen atoms in total. The Hall–Kier alpha value is -0.600. The van der Waals surface area contributed by atoms with Crippen molar-refractivity contribution in [3.05, 3.63) is 60.7 Å². The predicted molar refractivity (Wildman–Crippen MR) is 115 cm³/mol. The lowest BCUT2D eigenvalue weighted by Gasteiger charge is -2.31. The van der Waals surface area contributed by atoms with E-state index in [9.17, 15) is 0 Å². The third-order valence-corrected chi connectivity index (χ3v) is 12.3. The van der Waals surface area contributed by atoms with Crippen LogP contribution in [0.15, 0.2) is 60.7 Å². The number of rotatable bonds is 6. The van der Waals surface area contributed by atoms with Crippen LogP contribution in [0, 0.1) is 0 Å². The van der Waals surface area contributed by atoms with Crippen molar-refractivity contribution in [2.75, 3.05) is 0 Å². The van der Waals surface area contributed by atoms with Gasteiger partial charge in [-0.25, -0.2) is 4.99 Å². The molecule has 0 amide bonds. The molecule has 0 fully saturated rings. The standard InChI is InChI=1S/C20H26NPS2.ClH/c1-16(2)21-17(3)20(4,5)24-22(23,18-12-8-6-9-13-18)19-14-10-7-11-15-19;/h6-16H,1-5H3;1H. The van der Waals surface area contributed by atoms with E-state index in [2.05, 4.69) is 100 Å². The second-order valence-corrected chi connectivity index (χ2v) is 14.6. The molecule has 0 radical (unpaired) electrons. The Balaban J connectivity index is 0.00000312. The summed E-state index contributed by atoms with van der Waals surface area (Å²) < 4.78 is -0.0501. The summed E-state index contributed by atoms with van der Waals surface area (Å²) in [6.45, 7) is 11.1. The average Bonchev–Trinajstić information content (AvgIpc) is 2.55. The van der Waals surface area contributed by atoms with Crippen molar-refractivity contribution < 1.29 is 17.4 Å². The fraction of sp³-hybridized carbons (Fsp3) is 0.350. The Morgan fingerprint density at radius 3 is 1.72 bits per heavy atom. The van der Waals surface area contributed by atoms with Crippen molar-refractivity contribution in [1.29, 1.82) is 0 Å². The van der Waals surface area contributed by atoms with E-state index in [4.69, 9.17) is 11.8 Å². The minimum Gasteiger partial charge on any atom is -1.00 e. The molecule has 2 rings (SSSR count). The molecule has 0 aliphatic carbocycles. The molecule has 0 aliphatic heterocycles. The highest BCUT2D eigenvalue weighted by Gasteiger charge is 2.36. The van der Waals surface area contributed by atoms with Crippen LogP contribution in [0.25, 0.3) is 0 Å². The molecule has 1 N–H and O–H groups in total. The summed E-state index contributed by atoms with van der Waals surface area (Å²) in [5.41, 5.74) is 1.28. The van der Waals surface area contributed by atoms with Gasteiger partial charge >= 0.3 is 0 Å². The Kier molecular flexibility index (Phi) is 8.41. The summed E-state index contributed by atoms with van der Waals surface area (Å²) in [6, 6.07) is 21.6. The Labute approximate surface area is 167 Å². The van der Waals surface area contributed by atoms with Crippen molar-refractivity contribution in [2.45, 2.75) is 45.4 Å². The minimum absolute atomic E-state index is 0. The Morgan fingerprint density at radius 2 is 1.36 bits per heavy atom. The van der Waals surface area contributed by atoms with Crippen LogP contribution >= 0.6 is 16.6 Å². The van der Waals surface area contributed by atoms with Gasteiger partial charge in [-0.15, -0.1) is 0 Å². The van der Waals surface area contributed by atoms with Gasteiger partial charge in [-0.05, 0) is 38.3 Å². The average molecular weight is 412 g/mol. The fourth-order valence-corrected chi connectivity index (χ4v) is 11.1. The molecule has 25 heavy (non-hydrogen) atoms. The lowest BCUT2D eigenvalue weighted by Crippen LogP contribution is -3.00. The van der Waals surface area contributed by atoms with Crippen molar-refractivity contribution in [3.63, 3.8) is 0 Å². The van der Waals surface area contributed by atoms with Crippen LogP contribution in [-0.4, -0.2) is 16.5 Å². The summed E-state index contributed by atoms with van der Waals surface area (Å²) in [4.78, 5) is 3.58. The molecule has 0 heterocycles. The highest BCUT2D eigenvalue weighted by molar-refractivity contribution is 8.75. The monoisotopic (exact) mass is 411 g/mol. The molecule has 136 valence electrons. The van der Waals surface area contributed by atoms with Crippen molar-refractivity contribution in [2.24, 2.45) is 0 Å². The van der Waals surface area contributed by atoms with Gasteiger partial charge in [-0.3, -0.25) is 0 Å². The van der Waals surface area contributed by atoms with Crippen LogP contribution in [0.3, 0.4) is 0 Å². The lowest BCUT2D eigenvalue weighted by atomic mass is 10.1. The molecule has 2 aromatic rings.